The number of carbonyl (C=O) groups excluding carboxylic acids is 1. The number of hydrogen-bond donors (Lipinski definition) is 2. The van der Waals surface area contributed by atoms with Crippen molar-refractivity contribution in [2.45, 2.75) is 17.1 Å². The zero-order chi connectivity index (χ0) is 18.4. The number of phenols is 1. The fraction of sp³-hybridized carbons (Fsp3) is 0.176. The van der Waals surface area contributed by atoms with Gasteiger partial charge in [0.05, 0.1) is 23.0 Å². The molecule has 132 valence electrons. The molecular weight excluding hydrogens is 428 g/mol. The summed E-state index contributed by atoms with van der Waals surface area (Å²) in [6, 6.07) is 10.6. The highest BCUT2D eigenvalue weighted by molar-refractivity contribution is 9.10. The second-order valence-electron chi connectivity index (χ2n) is 5.00. The van der Waals surface area contributed by atoms with Crippen LogP contribution in [0.25, 0.3) is 0 Å². The summed E-state index contributed by atoms with van der Waals surface area (Å²) >= 11 is 10.5. The fourth-order valence-electron chi connectivity index (χ4n) is 1.86. The molecule has 0 heterocycles. The molecule has 0 unspecified atom stereocenters. The van der Waals surface area contributed by atoms with Crippen LogP contribution in [-0.2, 0) is 4.79 Å². The van der Waals surface area contributed by atoms with E-state index in [2.05, 4.69) is 26.5 Å². The van der Waals surface area contributed by atoms with Gasteiger partial charge in [0.15, 0.2) is 11.5 Å². The molecule has 1 amide bonds. The molecule has 0 radical (unpaired) electrons. The van der Waals surface area contributed by atoms with Crippen molar-refractivity contribution in [3.63, 3.8) is 0 Å². The molecule has 0 aliphatic carbocycles. The molecule has 25 heavy (non-hydrogen) atoms. The van der Waals surface area contributed by atoms with Gasteiger partial charge in [-0.15, -0.1) is 11.8 Å². The third-order valence-electron chi connectivity index (χ3n) is 3.15. The fourth-order valence-corrected chi connectivity index (χ4v) is 3.30. The van der Waals surface area contributed by atoms with Gasteiger partial charge in [-0.25, -0.2) is 5.43 Å². The number of benzene rings is 2. The first-order valence-electron chi connectivity index (χ1n) is 7.22. The lowest BCUT2D eigenvalue weighted by Gasteiger charge is -2.09. The van der Waals surface area contributed by atoms with Crippen molar-refractivity contribution >= 4 is 51.4 Å². The number of nitrogens with zero attached hydrogens (tertiary/aromatic N) is 1. The molecule has 0 fully saturated rings. The van der Waals surface area contributed by atoms with E-state index in [1.165, 1.54) is 25.1 Å². The van der Waals surface area contributed by atoms with Gasteiger partial charge in [-0.3, -0.25) is 4.79 Å². The van der Waals surface area contributed by atoms with E-state index in [1.807, 2.05) is 12.1 Å². The molecule has 0 aromatic heterocycles. The van der Waals surface area contributed by atoms with Crippen molar-refractivity contribution < 1.29 is 14.6 Å². The lowest BCUT2D eigenvalue weighted by molar-refractivity contribution is -0.120. The third-order valence-corrected chi connectivity index (χ3v) is 5.12. The summed E-state index contributed by atoms with van der Waals surface area (Å²) in [6.45, 7) is 1.80. The first-order chi connectivity index (χ1) is 11.9. The van der Waals surface area contributed by atoms with Gasteiger partial charge in [0.25, 0.3) is 5.91 Å². The van der Waals surface area contributed by atoms with Gasteiger partial charge in [0.2, 0.25) is 0 Å². The third kappa shape index (κ3) is 5.66. The smallest absolute Gasteiger partial charge is 0.253 e. The van der Waals surface area contributed by atoms with Crippen LogP contribution >= 0.6 is 39.3 Å². The van der Waals surface area contributed by atoms with Crippen molar-refractivity contribution in [2.24, 2.45) is 5.10 Å². The number of amides is 1. The topological polar surface area (TPSA) is 70.9 Å². The highest BCUT2D eigenvalue weighted by Gasteiger charge is 2.13. The van der Waals surface area contributed by atoms with Crippen molar-refractivity contribution in [3.8, 4) is 11.5 Å². The molecule has 2 aromatic rings. The van der Waals surface area contributed by atoms with Crippen LogP contribution in [0.3, 0.4) is 0 Å². The van der Waals surface area contributed by atoms with E-state index in [0.717, 1.165) is 4.90 Å². The van der Waals surface area contributed by atoms with Crippen LogP contribution in [0.15, 0.2) is 50.9 Å². The number of halogens is 2. The Balaban J connectivity index is 1.95. The summed E-state index contributed by atoms with van der Waals surface area (Å²) in [5.41, 5.74) is 3.17. The van der Waals surface area contributed by atoms with Gasteiger partial charge in [-0.2, -0.15) is 5.10 Å². The molecule has 0 saturated heterocycles. The molecule has 1 atom stereocenters. The highest BCUT2D eigenvalue weighted by Crippen LogP contribution is 2.34. The minimum atomic E-state index is -0.320. The van der Waals surface area contributed by atoms with Gasteiger partial charge in [-0.1, -0.05) is 11.6 Å². The average Bonchev–Trinajstić information content (AvgIpc) is 2.59. The molecule has 0 aliphatic rings. The molecule has 2 aromatic carbocycles. The average molecular weight is 444 g/mol. The lowest BCUT2D eigenvalue weighted by atomic mass is 10.2. The van der Waals surface area contributed by atoms with E-state index >= 15 is 0 Å². The Morgan fingerprint density at radius 2 is 2.08 bits per heavy atom. The van der Waals surface area contributed by atoms with Crippen LogP contribution in [-0.4, -0.2) is 29.6 Å². The summed E-state index contributed by atoms with van der Waals surface area (Å²) in [6.07, 6.45) is 1.48. The van der Waals surface area contributed by atoms with E-state index in [9.17, 15) is 9.90 Å². The summed E-state index contributed by atoms with van der Waals surface area (Å²) in [7, 11) is 1.46. The second kappa shape index (κ2) is 9.12. The Bertz CT molecular complexity index is 784. The van der Waals surface area contributed by atoms with E-state index in [4.69, 9.17) is 16.3 Å². The molecular formula is C17H16BrClN2O3S. The Labute approximate surface area is 163 Å². The number of hydrazone groups is 1. The Morgan fingerprint density at radius 1 is 1.40 bits per heavy atom. The van der Waals surface area contributed by atoms with E-state index < -0.39 is 0 Å². The number of aromatic hydroxyl groups is 1. The maximum Gasteiger partial charge on any atom is 0.253 e. The number of rotatable bonds is 6. The zero-order valence-electron chi connectivity index (χ0n) is 13.5. The van der Waals surface area contributed by atoms with E-state index in [0.29, 0.717) is 20.8 Å². The molecule has 5 nitrogen and oxygen atoms in total. The van der Waals surface area contributed by atoms with Gasteiger partial charge in [0.1, 0.15) is 0 Å². The SMILES string of the molecule is COc1cc(C=NNC(=O)[C@@H](C)Sc2ccc(Cl)cc2)cc(Br)c1O. The van der Waals surface area contributed by atoms with Crippen LogP contribution in [0.1, 0.15) is 12.5 Å². The summed E-state index contributed by atoms with van der Waals surface area (Å²) in [4.78, 5) is 13.1. The Morgan fingerprint density at radius 3 is 2.72 bits per heavy atom. The van der Waals surface area contributed by atoms with Crippen LogP contribution in [0.4, 0.5) is 0 Å². The predicted octanol–water partition coefficient (Wildman–Crippen LogP) is 4.45. The first kappa shape index (κ1) is 19.6. The summed E-state index contributed by atoms with van der Waals surface area (Å²) in [5.74, 6) is 0.103. The number of hydrogen-bond acceptors (Lipinski definition) is 5. The van der Waals surface area contributed by atoms with E-state index in [-0.39, 0.29) is 16.9 Å². The molecule has 0 saturated carbocycles. The van der Waals surface area contributed by atoms with Gasteiger partial charge < -0.3 is 9.84 Å². The summed E-state index contributed by atoms with van der Waals surface area (Å²) < 4.78 is 5.54. The number of nitrogens with one attached hydrogen (secondary N) is 1. The van der Waals surface area contributed by atoms with Crippen molar-refractivity contribution in [3.05, 3.63) is 51.5 Å². The first-order valence-corrected chi connectivity index (χ1v) is 9.27. The van der Waals surface area contributed by atoms with Crippen molar-refractivity contribution in [1.82, 2.24) is 5.43 Å². The van der Waals surface area contributed by atoms with Crippen LogP contribution in [0, 0.1) is 0 Å². The minimum absolute atomic E-state index is 0.0108. The van der Waals surface area contributed by atoms with Crippen molar-refractivity contribution in [1.29, 1.82) is 0 Å². The maximum atomic E-state index is 12.1. The van der Waals surface area contributed by atoms with Gasteiger partial charge >= 0.3 is 0 Å². The highest BCUT2D eigenvalue weighted by atomic mass is 79.9. The van der Waals surface area contributed by atoms with Gasteiger partial charge in [-0.05, 0) is 64.8 Å². The Kier molecular flexibility index (Phi) is 7.16. The van der Waals surface area contributed by atoms with Crippen LogP contribution in [0.2, 0.25) is 5.02 Å². The van der Waals surface area contributed by atoms with Crippen molar-refractivity contribution in [2.75, 3.05) is 7.11 Å². The predicted molar refractivity (Wildman–Crippen MR) is 105 cm³/mol. The van der Waals surface area contributed by atoms with E-state index in [1.54, 1.807) is 31.2 Å². The summed E-state index contributed by atoms with van der Waals surface area (Å²) in [5, 5.41) is 14.1. The number of carbonyl (C=O) groups is 1. The number of phenolic OH excluding ortho intramolecular Hbond substituents is 1. The van der Waals surface area contributed by atoms with Crippen LogP contribution in [0.5, 0.6) is 11.5 Å². The molecule has 0 bridgehead atoms. The molecule has 2 rings (SSSR count). The normalized spacial score (nSPS) is 12.2. The zero-order valence-corrected chi connectivity index (χ0v) is 16.7. The quantitative estimate of drug-likeness (QED) is 0.393. The standard InChI is InChI=1S/C17H16BrClN2O3S/c1-10(25-13-5-3-12(19)4-6-13)17(23)21-20-9-11-7-14(18)16(22)15(8-11)24-2/h3-10,22H,1-2H3,(H,21,23)/t10-/m1/s1. The number of thioether (sulfide) groups is 1. The monoisotopic (exact) mass is 442 g/mol. The molecule has 0 aliphatic heterocycles. The molecule has 0 spiro atoms. The van der Waals surface area contributed by atoms with Crippen LogP contribution < -0.4 is 10.2 Å². The molecule has 2 N–H and O–H groups in total. The molecule has 8 heteroatoms. The lowest BCUT2D eigenvalue weighted by Crippen LogP contribution is -2.26. The maximum absolute atomic E-state index is 12.1. The number of ether oxygens (including phenoxy) is 1. The second-order valence-corrected chi connectivity index (χ2v) is 7.71. The minimum Gasteiger partial charge on any atom is -0.503 e. The van der Waals surface area contributed by atoms with Gasteiger partial charge in [0, 0.05) is 9.92 Å². The largest absolute Gasteiger partial charge is 0.503 e. The Hall–Kier alpha value is -1.70. The number of methoxy groups -OCH3 is 1.